The minimum atomic E-state index is -0.388. The average molecular weight is 350 g/mol. The summed E-state index contributed by atoms with van der Waals surface area (Å²) in [6.45, 7) is 0. The first-order valence-corrected chi connectivity index (χ1v) is 6.78. The molecule has 0 fully saturated rings. The van der Waals surface area contributed by atoms with Crippen LogP contribution >= 0.6 is 39.1 Å². The summed E-state index contributed by atoms with van der Waals surface area (Å²) in [4.78, 5) is 0. The molecule has 0 N–H and O–H groups in total. The highest BCUT2D eigenvalue weighted by atomic mass is 79.9. The topological polar surface area (TPSA) is 9.23 Å². The molecule has 0 unspecified atom stereocenters. The fourth-order valence-corrected chi connectivity index (χ4v) is 2.03. The molecular formula is C13H8BrCl2FO. The van der Waals surface area contributed by atoms with Gasteiger partial charge in [0.05, 0.1) is 9.50 Å². The highest BCUT2D eigenvalue weighted by Crippen LogP contribution is 2.31. The Kier molecular flexibility index (Phi) is 4.49. The average Bonchev–Trinajstić information content (AvgIpc) is 2.36. The Morgan fingerprint density at radius 3 is 2.56 bits per heavy atom. The van der Waals surface area contributed by atoms with Crippen LogP contribution < -0.4 is 4.74 Å². The third-order valence-electron chi connectivity index (χ3n) is 2.27. The maximum atomic E-state index is 13.3. The molecule has 0 aliphatic carbocycles. The maximum Gasteiger partial charge on any atom is 0.146 e. The normalized spacial score (nSPS) is 10.4. The second kappa shape index (κ2) is 5.91. The van der Waals surface area contributed by atoms with Crippen LogP contribution in [0.5, 0.6) is 11.5 Å². The molecule has 2 rings (SSSR count). The van der Waals surface area contributed by atoms with Gasteiger partial charge in [-0.3, -0.25) is 0 Å². The number of benzene rings is 2. The Labute approximate surface area is 123 Å². The number of hydrogen-bond acceptors (Lipinski definition) is 1. The fourth-order valence-electron chi connectivity index (χ4n) is 1.38. The monoisotopic (exact) mass is 348 g/mol. The van der Waals surface area contributed by atoms with Crippen molar-refractivity contribution in [3.63, 3.8) is 0 Å². The van der Waals surface area contributed by atoms with Crippen molar-refractivity contribution in [2.24, 2.45) is 0 Å². The standard InChI is InChI=1S/C13H8BrCl2FO/c14-10-3-2-9(6-12(10)17)18-13-4-1-8(7-15)5-11(13)16/h1-6H,7H2. The van der Waals surface area contributed by atoms with Gasteiger partial charge in [-0.2, -0.15) is 0 Å². The summed E-state index contributed by atoms with van der Waals surface area (Å²) >= 11 is 14.8. The van der Waals surface area contributed by atoms with Crippen LogP contribution in [0.2, 0.25) is 5.02 Å². The number of rotatable bonds is 3. The van der Waals surface area contributed by atoms with Crippen LogP contribution in [0.3, 0.4) is 0 Å². The summed E-state index contributed by atoms with van der Waals surface area (Å²) in [5.74, 6) is 0.844. The Balaban J connectivity index is 2.25. The third kappa shape index (κ3) is 3.16. The molecule has 0 amide bonds. The molecule has 0 aromatic heterocycles. The molecule has 94 valence electrons. The molecular weight excluding hydrogens is 342 g/mol. The van der Waals surface area contributed by atoms with Gasteiger partial charge in [0.1, 0.15) is 17.3 Å². The van der Waals surface area contributed by atoms with Crippen molar-refractivity contribution < 1.29 is 9.13 Å². The molecule has 2 aromatic rings. The van der Waals surface area contributed by atoms with Gasteiger partial charge in [0.2, 0.25) is 0 Å². The zero-order chi connectivity index (χ0) is 13.1. The zero-order valence-corrected chi connectivity index (χ0v) is 12.2. The van der Waals surface area contributed by atoms with Crippen LogP contribution in [0.4, 0.5) is 4.39 Å². The largest absolute Gasteiger partial charge is 0.456 e. The molecule has 1 nitrogen and oxygen atoms in total. The molecule has 0 radical (unpaired) electrons. The molecule has 0 aliphatic heterocycles. The van der Waals surface area contributed by atoms with Gasteiger partial charge in [0.25, 0.3) is 0 Å². The van der Waals surface area contributed by atoms with Crippen LogP contribution in [0, 0.1) is 5.82 Å². The molecule has 0 heterocycles. The first-order chi connectivity index (χ1) is 8.60. The van der Waals surface area contributed by atoms with Gasteiger partial charge in [-0.25, -0.2) is 4.39 Å². The Morgan fingerprint density at radius 1 is 1.17 bits per heavy atom. The van der Waals surface area contributed by atoms with Gasteiger partial charge in [-0.05, 0) is 45.8 Å². The summed E-state index contributed by atoms with van der Waals surface area (Å²) in [6, 6.07) is 9.75. The van der Waals surface area contributed by atoms with E-state index in [9.17, 15) is 4.39 Å². The summed E-state index contributed by atoms with van der Waals surface area (Å²) in [5.41, 5.74) is 0.899. The molecule has 0 aliphatic rings. The summed E-state index contributed by atoms with van der Waals surface area (Å²) < 4.78 is 19.2. The van der Waals surface area contributed by atoms with Gasteiger partial charge >= 0.3 is 0 Å². The lowest BCUT2D eigenvalue weighted by Gasteiger charge is -2.09. The van der Waals surface area contributed by atoms with Crippen LogP contribution in [0.1, 0.15) is 5.56 Å². The van der Waals surface area contributed by atoms with E-state index in [1.807, 2.05) is 6.07 Å². The number of halogens is 4. The van der Waals surface area contributed by atoms with E-state index in [0.29, 0.717) is 26.9 Å². The van der Waals surface area contributed by atoms with E-state index in [2.05, 4.69) is 15.9 Å². The fraction of sp³-hybridized carbons (Fsp3) is 0.0769. The van der Waals surface area contributed by atoms with Gasteiger partial charge in [-0.1, -0.05) is 17.7 Å². The minimum absolute atomic E-state index is 0.382. The van der Waals surface area contributed by atoms with Crippen molar-refractivity contribution in [2.75, 3.05) is 0 Å². The molecule has 0 bridgehead atoms. The van der Waals surface area contributed by atoms with E-state index in [0.717, 1.165) is 5.56 Å². The molecule has 0 saturated carbocycles. The van der Waals surface area contributed by atoms with E-state index in [1.165, 1.54) is 6.07 Å². The van der Waals surface area contributed by atoms with Crippen molar-refractivity contribution >= 4 is 39.1 Å². The van der Waals surface area contributed by atoms with Gasteiger partial charge < -0.3 is 4.74 Å². The van der Waals surface area contributed by atoms with E-state index in [1.54, 1.807) is 24.3 Å². The zero-order valence-electron chi connectivity index (χ0n) is 9.09. The Hall–Kier alpha value is -0.770. The summed E-state index contributed by atoms with van der Waals surface area (Å²) in [5, 5.41) is 0.441. The number of alkyl halides is 1. The van der Waals surface area contributed by atoms with Crippen molar-refractivity contribution in [1.29, 1.82) is 0 Å². The maximum absolute atomic E-state index is 13.3. The van der Waals surface area contributed by atoms with E-state index in [4.69, 9.17) is 27.9 Å². The highest BCUT2D eigenvalue weighted by Gasteiger charge is 2.06. The van der Waals surface area contributed by atoms with Crippen LogP contribution in [-0.2, 0) is 5.88 Å². The van der Waals surface area contributed by atoms with Gasteiger partial charge in [-0.15, -0.1) is 11.6 Å². The Bertz CT molecular complexity index is 575. The Morgan fingerprint density at radius 2 is 1.94 bits per heavy atom. The first-order valence-electron chi connectivity index (χ1n) is 5.07. The van der Waals surface area contributed by atoms with Crippen LogP contribution in [-0.4, -0.2) is 0 Å². The lowest BCUT2D eigenvalue weighted by atomic mass is 10.2. The minimum Gasteiger partial charge on any atom is -0.456 e. The molecule has 0 saturated heterocycles. The third-order valence-corrected chi connectivity index (χ3v) is 3.52. The second-order valence-corrected chi connectivity index (χ2v) is 5.11. The van der Waals surface area contributed by atoms with E-state index in [-0.39, 0.29) is 5.82 Å². The van der Waals surface area contributed by atoms with Gasteiger partial charge in [0, 0.05) is 11.9 Å². The first kappa shape index (κ1) is 13.7. The van der Waals surface area contributed by atoms with Crippen molar-refractivity contribution in [2.45, 2.75) is 5.88 Å². The smallest absolute Gasteiger partial charge is 0.146 e. The predicted molar refractivity (Wildman–Crippen MR) is 75.2 cm³/mol. The van der Waals surface area contributed by atoms with Crippen molar-refractivity contribution in [3.05, 3.63) is 57.3 Å². The van der Waals surface area contributed by atoms with Crippen molar-refractivity contribution in [1.82, 2.24) is 0 Å². The lowest BCUT2D eigenvalue weighted by Crippen LogP contribution is -1.88. The van der Waals surface area contributed by atoms with E-state index >= 15 is 0 Å². The van der Waals surface area contributed by atoms with Crippen molar-refractivity contribution in [3.8, 4) is 11.5 Å². The summed E-state index contributed by atoms with van der Waals surface area (Å²) in [7, 11) is 0. The number of ether oxygens (including phenoxy) is 1. The number of hydrogen-bond donors (Lipinski definition) is 0. The summed E-state index contributed by atoms with van der Waals surface area (Å²) in [6.07, 6.45) is 0. The van der Waals surface area contributed by atoms with E-state index < -0.39 is 0 Å². The molecule has 0 atom stereocenters. The molecule has 5 heteroatoms. The van der Waals surface area contributed by atoms with Gasteiger partial charge in [0.15, 0.2) is 0 Å². The second-order valence-electron chi connectivity index (χ2n) is 3.58. The highest BCUT2D eigenvalue weighted by molar-refractivity contribution is 9.10. The quantitative estimate of drug-likeness (QED) is 0.639. The molecule has 18 heavy (non-hydrogen) atoms. The lowest BCUT2D eigenvalue weighted by molar-refractivity contribution is 0.476. The molecule has 2 aromatic carbocycles. The predicted octanol–water partition coefficient (Wildman–Crippen LogP) is 5.77. The molecule has 0 spiro atoms. The van der Waals surface area contributed by atoms with Crippen LogP contribution in [0.15, 0.2) is 40.9 Å². The van der Waals surface area contributed by atoms with Crippen LogP contribution in [0.25, 0.3) is 0 Å². The SMILES string of the molecule is Fc1cc(Oc2ccc(CCl)cc2Cl)ccc1Br.